The Hall–Kier alpha value is -2.92. The second-order valence-electron chi connectivity index (χ2n) is 5.64. The third-order valence-electron chi connectivity index (χ3n) is 3.99. The Labute approximate surface area is 153 Å². The molecule has 0 atom stereocenters. The average molecular weight is 392 g/mol. The number of anilines is 1. The van der Waals surface area contributed by atoms with Crippen LogP contribution in [0.5, 0.6) is 0 Å². The number of amides is 1. The van der Waals surface area contributed by atoms with Crippen LogP contribution in [0.1, 0.15) is 10.4 Å². The van der Waals surface area contributed by atoms with Crippen LogP contribution in [0.15, 0.2) is 77.5 Å². The summed E-state index contributed by atoms with van der Waals surface area (Å²) in [4.78, 5) is 20.2. The summed E-state index contributed by atoms with van der Waals surface area (Å²) in [6, 6.07) is 19.1. The van der Waals surface area contributed by atoms with Gasteiger partial charge in [0.25, 0.3) is 5.91 Å². The molecule has 4 nitrogen and oxygen atoms in total. The molecule has 25 heavy (non-hydrogen) atoms. The Kier molecular flexibility index (Phi) is 4.07. The summed E-state index contributed by atoms with van der Waals surface area (Å²) in [7, 11) is 0. The molecule has 4 aromatic rings. The lowest BCUT2D eigenvalue weighted by Gasteiger charge is -2.10. The maximum absolute atomic E-state index is 12.6. The van der Waals surface area contributed by atoms with E-state index in [0.29, 0.717) is 5.56 Å². The van der Waals surface area contributed by atoms with Crippen LogP contribution in [-0.4, -0.2) is 15.9 Å². The molecule has 0 aliphatic rings. The van der Waals surface area contributed by atoms with Gasteiger partial charge in [-0.25, -0.2) is 0 Å². The summed E-state index contributed by atoms with van der Waals surface area (Å²) in [6.07, 6.45) is 3.59. The van der Waals surface area contributed by atoms with Gasteiger partial charge in [0.2, 0.25) is 0 Å². The molecule has 2 aromatic carbocycles. The number of aromatic amines is 1. The fourth-order valence-corrected chi connectivity index (χ4v) is 3.16. The van der Waals surface area contributed by atoms with Gasteiger partial charge >= 0.3 is 0 Å². The van der Waals surface area contributed by atoms with Crippen LogP contribution in [-0.2, 0) is 0 Å². The number of nitrogens with zero attached hydrogens (tertiary/aromatic N) is 1. The quantitative estimate of drug-likeness (QED) is 0.501. The summed E-state index contributed by atoms with van der Waals surface area (Å²) in [5.41, 5.74) is 4.24. The number of nitrogens with one attached hydrogen (secondary N) is 2. The zero-order valence-corrected chi connectivity index (χ0v) is 14.7. The summed E-state index contributed by atoms with van der Waals surface area (Å²) >= 11 is 3.39. The smallest absolute Gasteiger partial charge is 0.255 e. The van der Waals surface area contributed by atoms with Gasteiger partial charge < -0.3 is 10.3 Å². The molecule has 5 heteroatoms. The minimum Gasteiger partial charge on any atom is -0.361 e. The van der Waals surface area contributed by atoms with E-state index in [1.54, 1.807) is 18.3 Å². The van der Waals surface area contributed by atoms with Crippen LogP contribution in [0.3, 0.4) is 0 Å². The predicted octanol–water partition coefficient (Wildman–Crippen LogP) is 5.24. The SMILES string of the molecule is O=C(Nc1ccnc2ccc(-c3ccc[nH]3)cc12)c1cccc(Br)c1. The van der Waals surface area contributed by atoms with Gasteiger partial charge in [-0.15, -0.1) is 0 Å². The van der Waals surface area contributed by atoms with Crippen molar-refractivity contribution in [2.75, 3.05) is 5.32 Å². The van der Waals surface area contributed by atoms with Gasteiger partial charge in [0.05, 0.1) is 11.2 Å². The van der Waals surface area contributed by atoms with E-state index in [-0.39, 0.29) is 5.91 Å². The largest absolute Gasteiger partial charge is 0.361 e. The normalized spacial score (nSPS) is 10.8. The van der Waals surface area contributed by atoms with E-state index in [0.717, 1.165) is 32.3 Å². The van der Waals surface area contributed by atoms with Gasteiger partial charge in [0.15, 0.2) is 0 Å². The molecular formula is C20H14BrN3O. The Balaban J connectivity index is 1.74. The van der Waals surface area contributed by atoms with E-state index in [1.165, 1.54) is 0 Å². The van der Waals surface area contributed by atoms with Crippen LogP contribution in [0, 0.1) is 0 Å². The van der Waals surface area contributed by atoms with Crippen molar-refractivity contribution in [2.24, 2.45) is 0 Å². The predicted molar refractivity (Wildman–Crippen MR) is 104 cm³/mol. The molecule has 4 rings (SSSR count). The molecule has 2 heterocycles. The number of carbonyl (C=O) groups excluding carboxylic acids is 1. The second kappa shape index (κ2) is 6.53. The summed E-state index contributed by atoms with van der Waals surface area (Å²) in [5, 5.41) is 3.89. The monoisotopic (exact) mass is 391 g/mol. The number of H-pyrrole nitrogens is 1. The number of benzene rings is 2. The zero-order valence-electron chi connectivity index (χ0n) is 13.2. The molecule has 2 aromatic heterocycles. The first-order chi connectivity index (χ1) is 12.2. The Morgan fingerprint density at radius 2 is 1.96 bits per heavy atom. The van der Waals surface area contributed by atoms with Gasteiger partial charge in [-0.05, 0) is 54.1 Å². The highest BCUT2D eigenvalue weighted by atomic mass is 79.9. The summed E-state index contributed by atoms with van der Waals surface area (Å²) in [5.74, 6) is -0.154. The van der Waals surface area contributed by atoms with Crippen molar-refractivity contribution in [3.05, 3.63) is 83.1 Å². The van der Waals surface area contributed by atoms with Crippen molar-refractivity contribution in [2.45, 2.75) is 0 Å². The molecule has 0 saturated heterocycles. The molecule has 0 aliphatic carbocycles. The van der Waals surface area contributed by atoms with Crippen LogP contribution < -0.4 is 5.32 Å². The lowest BCUT2D eigenvalue weighted by molar-refractivity contribution is 0.102. The average Bonchev–Trinajstić information content (AvgIpc) is 3.16. The minimum atomic E-state index is -0.154. The van der Waals surface area contributed by atoms with Gasteiger partial charge in [-0.2, -0.15) is 0 Å². The van der Waals surface area contributed by atoms with E-state index < -0.39 is 0 Å². The molecule has 0 radical (unpaired) electrons. The molecule has 0 unspecified atom stereocenters. The fraction of sp³-hybridized carbons (Fsp3) is 0. The van der Waals surface area contributed by atoms with E-state index in [1.807, 2.05) is 54.7 Å². The number of rotatable bonds is 3. The molecule has 0 saturated carbocycles. The van der Waals surface area contributed by atoms with Gasteiger partial charge in [0, 0.05) is 33.5 Å². The van der Waals surface area contributed by atoms with Crippen LogP contribution >= 0.6 is 15.9 Å². The van der Waals surface area contributed by atoms with E-state index in [2.05, 4.69) is 31.2 Å². The summed E-state index contributed by atoms with van der Waals surface area (Å²) in [6.45, 7) is 0. The van der Waals surface area contributed by atoms with Crippen molar-refractivity contribution in [1.82, 2.24) is 9.97 Å². The van der Waals surface area contributed by atoms with Crippen molar-refractivity contribution in [1.29, 1.82) is 0 Å². The third-order valence-corrected chi connectivity index (χ3v) is 4.48. The lowest BCUT2D eigenvalue weighted by atomic mass is 10.1. The maximum Gasteiger partial charge on any atom is 0.255 e. The fourth-order valence-electron chi connectivity index (χ4n) is 2.76. The Morgan fingerprint density at radius 1 is 1.04 bits per heavy atom. The first kappa shape index (κ1) is 15.6. The number of pyridine rings is 1. The second-order valence-corrected chi connectivity index (χ2v) is 6.55. The number of carbonyl (C=O) groups is 1. The molecule has 0 spiro atoms. The molecule has 122 valence electrons. The highest BCUT2D eigenvalue weighted by molar-refractivity contribution is 9.10. The van der Waals surface area contributed by atoms with Crippen molar-refractivity contribution in [3.8, 4) is 11.3 Å². The lowest BCUT2D eigenvalue weighted by Crippen LogP contribution is -2.12. The number of hydrogen-bond donors (Lipinski definition) is 2. The van der Waals surface area contributed by atoms with Crippen LogP contribution in [0.25, 0.3) is 22.2 Å². The number of fused-ring (bicyclic) bond motifs is 1. The van der Waals surface area contributed by atoms with Gasteiger partial charge in [0.1, 0.15) is 0 Å². The Bertz CT molecular complexity index is 1060. The summed E-state index contributed by atoms with van der Waals surface area (Å²) < 4.78 is 0.869. The molecule has 0 bridgehead atoms. The van der Waals surface area contributed by atoms with Crippen molar-refractivity contribution >= 4 is 38.4 Å². The van der Waals surface area contributed by atoms with Gasteiger partial charge in [-0.1, -0.05) is 28.1 Å². The van der Waals surface area contributed by atoms with Crippen molar-refractivity contribution in [3.63, 3.8) is 0 Å². The highest BCUT2D eigenvalue weighted by Crippen LogP contribution is 2.27. The molecule has 0 aliphatic heterocycles. The minimum absolute atomic E-state index is 0.154. The van der Waals surface area contributed by atoms with Crippen molar-refractivity contribution < 1.29 is 4.79 Å². The topological polar surface area (TPSA) is 57.8 Å². The molecule has 2 N–H and O–H groups in total. The van der Waals surface area contributed by atoms with Crippen LogP contribution in [0.4, 0.5) is 5.69 Å². The van der Waals surface area contributed by atoms with E-state index in [9.17, 15) is 4.79 Å². The first-order valence-corrected chi connectivity index (χ1v) is 8.59. The number of aromatic nitrogens is 2. The molecular weight excluding hydrogens is 378 g/mol. The highest BCUT2D eigenvalue weighted by Gasteiger charge is 2.10. The van der Waals surface area contributed by atoms with Gasteiger partial charge in [-0.3, -0.25) is 9.78 Å². The third kappa shape index (κ3) is 3.19. The van der Waals surface area contributed by atoms with E-state index >= 15 is 0 Å². The molecule has 0 fully saturated rings. The molecule has 1 amide bonds. The van der Waals surface area contributed by atoms with E-state index in [4.69, 9.17) is 0 Å². The zero-order chi connectivity index (χ0) is 17.2. The first-order valence-electron chi connectivity index (χ1n) is 7.80. The van der Waals surface area contributed by atoms with Crippen LogP contribution in [0.2, 0.25) is 0 Å². The number of hydrogen-bond acceptors (Lipinski definition) is 2. The number of halogens is 1. The standard InChI is InChI=1S/C20H14BrN3O/c21-15-4-1-3-14(11-15)20(25)24-19-8-10-23-18-7-6-13(12-16(18)19)17-5-2-9-22-17/h1-12,22H,(H,23,24,25). The Morgan fingerprint density at radius 3 is 2.76 bits per heavy atom. The maximum atomic E-state index is 12.6.